The van der Waals surface area contributed by atoms with Crippen molar-refractivity contribution in [2.24, 2.45) is 0 Å². The average Bonchev–Trinajstić information content (AvgIpc) is 2.74. The van der Waals surface area contributed by atoms with Crippen molar-refractivity contribution in [3.05, 3.63) is 22.7 Å². The highest BCUT2D eigenvalue weighted by atomic mass is 32.2. The van der Waals surface area contributed by atoms with Gasteiger partial charge in [0.1, 0.15) is 17.6 Å². The number of anilines is 1. The molecule has 6 nitrogen and oxygen atoms in total. The number of nitrogens with two attached hydrogens (primary N) is 1. The fraction of sp³-hybridized carbons (Fsp3) is 0.636. The van der Waals surface area contributed by atoms with E-state index in [1.54, 1.807) is 24.0 Å². The molecule has 0 aromatic carbocycles. The van der Waals surface area contributed by atoms with Crippen LogP contribution in [0.4, 0.5) is 5.82 Å². The van der Waals surface area contributed by atoms with Gasteiger partial charge in [0, 0.05) is 11.9 Å². The van der Waals surface area contributed by atoms with Gasteiger partial charge >= 0.3 is 5.69 Å². The first-order valence-corrected chi connectivity index (χ1v) is 7.12. The Bertz CT molecular complexity index is 479. The topological polar surface area (TPSA) is 90.4 Å². The molecular formula is C11H17N3O3S. The van der Waals surface area contributed by atoms with Crippen LogP contribution in [0.5, 0.6) is 0 Å². The van der Waals surface area contributed by atoms with Crippen LogP contribution >= 0.6 is 11.8 Å². The Morgan fingerprint density at radius 2 is 2.56 bits per heavy atom. The number of aliphatic hydroxyl groups excluding tert-OH is 1. The summed E-state index contributed by atoms with van der Waals surface area (Å²) in [6, 6.07) is 1.57. The third-order valence-corrected chi connectivity index (χ3v) is 3.91. The Morgan fingerprint density at radius 3 is 3.17 bits per heavy atom. The maximum absolute atomic E-state index is 11.7. The molecule has 0 saturated carbocycles. The molecule has 3 N–H and O–H groups in total. The lowest BCUT2D eigenvalue weighted by Crippen LogP contribution is -2.37. The zero-order valence-corrected chi connectivity index (χ0v) is 11.0. The van der Waals surface area contributed by atoms with Gasteiger partial charge in [0.15, 0.2) is 0 Å². The minimum atomic E-state index is -0.551. The summed E-state index contributed by atoms with van der Waals surface area (Å²) >= 11 is 1.62. The molecule has 100 valence electrons. The molecule has 18 heavy (non-hydrogen) atoms. The lowest BCUT2D eigenvalue weighted by Gasteiger charge is -2.26. The van der Waals surface area contributed by atoms with Gasteiger partial charge in [-0.2, -0.15) is 16.7 Å². The van der Waals surface area contributed by atoms with E-state index in [0.717, 1.165) is 6.42 Å². The van der Waals surface area contributed by atoms with Crippen molar-refractivity contribution in [3.8, 4) is 0 Å². The smallest absolute Gasteiger partial charge is 0.351 e. The maximum Gasteiger partial charge on any atom is 0.351 e. The number of aliphatic hydroxyl groups is 1. The number of hydrogen-bond acceptors (Lipinski definition) is 6. The third-order valence-electron chi connectivity index (χ3n) is 3.09. The van der Waals surface area contributed by atoms with Crippen molar-refractivity contribution < 1.29 is 9.84 Å². The van der Waals surface area contributed by atoms with Gasteiger partial charge in [-0.1, -0.05) is 0 Å². The van der Waals surface area contributed by atoms with Gasteiger partial charge in [0.25, 0.3) is 0 Å². The van der Waals surface area contributed by atoms with Crippen LogP contribution in [-0.4, -0.2) is 38.9 Å². The van der Waals surface area contributed by atoms with Crippen molar-refractivity contribution >= 4 is 17.6 Å². The first-order valence-electron chi connectivity index (χ1n) is 5.72. The Labute approximate surface area is 109 Å². The number of hydrogen-bond donors (Lipinski definition) is 2. The summed E-state index contributed by atoms with van der Waals surface area (Å²) in [4.78, 5) is 15.4. The quantitative estimate of drug-likeness (QED) is 0.814. The van der Waals surface area contributed by atoms with Gasteiger partial charge in [-0.05, 0) is 25.2 Å². The Kier molecular flexibility index (Phi) is 3.94. The lowest BCUT2D eigenvalue weighted by atomic mass is 10.0. The van der Waals surface area contributed by atoms with Crippen LogP contribution in [0, 0.1) is 0 Å². The predicted octanol–water partition coefficient (Wildman–Crippen LogP) is 0.229. The van der Waals surface area contributed by atoms with Crippen molar-refractivity contribution in [3.63, 3.8) is 0 Å². The number of ether oxygens (including phenoxy) is 1. The minimum Gasteiger partial charge on any atom is -0.393 e. The van der Waals surface area contributed by atoms with E-state index in [1.165, 1.54) is 4.57 Å². The van der Waals surface area contributed by atoms with Crippen LogP contribution in [0.25, 0.3) is 0 Å². The lowest BCUT2D eigenvalue weighted by molar-refractivity contribution is -0.0851. The molecule has 0 amide bonds. The fourth-order valence-electron chi connectivity index (χ4n) is 2.17. The van der Waals surface area contributed by atoms with Crippen LogP contribution in [0.3, 0.4) is 0 Å². The molecule has 2 rings (SSSR count). The molecule has 2 atom stereocenters. The van der Waals surface area contributed by atoms with E-state index in [9.17, 15) is 9.90 Å². The van der Waals surface area contributed by atoms with E-state index in [0.29, 0.717) is 12.2 Å². The highest BCUT2D eigenvalue weighted by Crippen LogP contribution is 2.37. The second kappa shape index (κ2) is 5.29. The van der Waals surface area contributed by atoms with E-state index in [2.05, 4.69) is 4.98 Å². The molecule has 0 radical (unpaired) electrons. The van der Waals surface area contributed by atoms with Crippen LogP contribution < -0.4 is 11.4 Å². The van der Waals surface area contributed by atoms with Crippen LogP contribution in [0.2, 0.25) is 0 Å². The highest BCUT2D eigenvalue weighted by molar-refractivity contribution is 7.98. The van der Waals surface area contributed by atoms with Crippen molar-refractivity contribution in [1.29, 1.82) is 0 Å². The van der Waals surface area contributed by atoms with Crippen LogP contribution in [0.15, 0.2) is 17.1 Å². The second-order valence-corrected chi connectivity index (χ2v) is 5.29. The third kappa shape index (κ3) is 2.52. The minimum absolute atomic E-state index is 0.0402. The number of aromatic nitrogens is 2. The summed E-state index contributed by atoms with van der Waals surface area (Å²) in [6.45, 7) is -0.0402. The largest absolute Gasteiger partial charge is 0.393 e. The fourth-order valence-corrected chi connectivity index (χ4v) is 2.99. The molecule has 1 aliphatic heterocycles. The van der Waals surface area contributed by atoms with E-state index in [4.69, 9.17) is 10.5 Å². The van der Waals surface area contributed by atoms with Crippen LogP contribution in [-0.2, 0) is 4.74 Å². The first-order chi connectivity index (χ1) is 8.60. The van der Waals surface area contributed by atoms with Crippen LogP contribution in [0.1, 0.15) is 19.1 Å². The van der Waals surface area contributed by atoms with Gasteiger partial charge in [0.05, 0.1) is 6.61 Å². The SMILES string of the molecule is CSC[C@@]1(CO)CC[C@H](n2ccc(N)nc2=O)O1. The maximum atomic E-state index is 11.7. The molecule has 0 bridgehead atoms. The second-order valence-electron chi connectivity index (χ2n) is 4.43. The molecule has 7 heteroatoms. The Balaban J connectivity index is 2.19. The number of rotatable bonds is 4. The predicted molar refractivity (Wildman–Crippen MR) is 70.5 cm³/mol. The van der Waals surface area contributed by atoms with Gasteiger partial charge in [-0.25, -0.2) is 4.79 Å². The summed E-state index contributed by atoms with van der Waals surface area (Å²) in [6.07, 6.45) is 4.59. The van der Waals surface area contributed by atoms with E-state index >= 15 is 0 Å². The van der Waals surface area contributed by atoms with Gasteiger partial charge in [0.2, 0.25) is 0 Å². The van der Waals surface area contributed by atoms with Gasteiger partial charge < -0.3 is 15.6 Å². The van der Waals surface area contributed by atoms with E-state index < -0.39 is 11.3 Å². The van der Waals surface area contributed by atoms with Crippen molar-refractivity contribution in [2.75, 3.05) is 24.3 Å². The molecule has 2 heterocycles. The van der Waals surface area contributed by atoms with Gasteiger partial charge in [-0.15, -0.1) is 0 Å². The number of nitrogen functional groups attached to an aromatic ring is 1. The molecule has 1 aromatic rings. The molecular weight excluding hydrogens is 254 g/mol. The standard InChI is InChI=1S/C11H17N3O3S/c1-18-7-11(6-15)4-2-9(17-11)14-5-3-8(12)13-10(14)16/h3,5,9,15H,2,4,6-7H2,1H3,(H2,12,13,16)/t9-,11+/m1/s1. The van der Waals surface area contributed by atoms with Crippen molar-refractivity contribution in [1.82, 2.24) is 9.55 Å². The van der Waals surface area contributed by atoms with Gasteiger partial charge in [-0.3, -0.25) is 4.57 Å². The first kappa shape index (κ1) is 13.4. The molecule has 1 aromatic heterocycles. The van der Waals surface area contributed by atoms with E-state index in [-0.39, 0.29) is 18.7 Å². The molecule has 1 aliphatic rings. The monoisotopic (exact) mass is 271 g/mol. The molecule has 0 unspecified atom stereocenters. The summed E-state index contributed by atoms with van der Waals surface area (Å²) < 4.78 is 7.28. The molecule has 1 fully saturated rings. The summed E-state index contributed by atoms with van der Waals surface area (Å²) in [5.74, 6) is 0.906. The summed E-state index contributed by atoms with van der Waals surface area (Å²) in [5.41, 5.74) is 4.48. The normalized spacial score (nSPS) is 27.6. The molecule has 1 saturated heterocycles. The Hall–Kier alpha value is -1.05. The highest BCUT2D eigenvalue weighted by Gasteiger charge is 2.40. The Morgan fingerprint density at radius 1 is 1.78 bits per heavy atom. The number of thioether (sulfide) groups is 1. The molecule has 0 aliphatic carbocycles. The average molecular weight is 271 g/mol. The summed E-state index contributed by atoms with van der Waals surface area (Å²) in [7, 11) is 0. The zero-order chi connectivity index (χ0) is 13.2. The zero-order valence-electron chi connectivity index (χ0n) is 10.2. The van der Waals surface area contributed by atoms with E-state index in [1.807, 2.05) is 6.26 Å². The van der Waals surface area contributed by atoms with Crippen molar-refractivity contribution in [2.45, 2.75) is 24.7 Å². The summed E-state index contributed by atoms with van der Waals surface area (Å²) in [5, 5.41) is 9.46. The number of nitrogens with zero attached hydrogens (tertiary/aromatic N) is 2. The molecule has 0 spiro atoms.